The van der Waals surface area contributed by atoms with E-state index in [0.29, 0.717) is 0 Å². The Morgan fingerprint density at radius 1 is 1.12 bits per heavy atom. The number of rotatable bonds is 4. The second-order valence-electron chi connectivity index (χ2n) is 3.51. The van der Waals surface area contributed by atoms with Crippen LogP contribution >= 0.6 is 22.6 Å². The molecule has 0 bridgehead atoms. The molecule has 0 saturated carbocycles. The van der Waals surface area contributed by atoms with E-state index in [2.05, 4.69) is 63.2 Å². The van der Waals surface area contributed by atoms with Gasteiger partial charge < -0.3 is 5.32 Å². The average molecular weight is 324 g/mol. The smallest absolute Gasteiger partial charge is 0.0421 e. The van der Waals surface area contributed by atoms with Gasteiger partial charge in [0.25, 0.3) is 0 Å². The number of halogens is 1. The summed E-state index contributed by atoms with van der Waals surface area (Å²) in [4.78, 5) is 4.29. The summed E-state index contributed by atoms with van der Waals surface area (Å²) in [6.07, 6.45) is 2.78. The Hall–Kier alpha value is -1.10. The van der Waals surface area contributed by atoms with Gasteiger partial charge in [0.05, 0.1) is 0 Å². The number of anilines is 1. The molecule has 0 aliphatic carbocycles. The summed E-state index contributed by atoms with van der Waals surface area (Å²) in [5.74, 6) is 0. The van der Waals surface area contributed by atoms with Gasteiger partial charge >= 0.3 is 0 Å². The van der Waals surface area contributed by atoms with Gasteiger partial charge in [-0.2, -0.15) is 0 Å². The summed E-state index contributed by atoms with van der Waals surface area (Å²) >= 11 is 2.32. The van der Waals surface area contributed by atoms with Crippen LogP contribution in [0.25, 0.3) is 0 Å². The lowest BCUT2D eigenvalue weighted by molar-refractivity contribution is 0.961. The molecule has 0 saturated heterocycles. The molecule has 1 aromatic heterocycles. The molecular weight excluding hydrogens is 311 g/mol. The molecular formula is C13H13IN2. The van der Waals surface area contributed by atoms with Crippen molar-refractivity contribution in [2.75, 3.05) is 11.9 Å². The number of nitrogens with zero attached hydrogens (tertiary/aromatic N) is 1. The van der Waals surface area contributed by atoms with E-state index in [0.717, 1.165) is 18.7 Å². The van der Waals surface area contributed by atoms with Gasteiger partial charge in [-0.05, 0) is 52.9 Å². The van der Waals surface area contributed by atoms with Gasteiger partial charge in [-0.1, -0.05) is 12.1 Å². The Morgan fingerprint density at radius 3 is 2.81 bits per heavy atom. The van der Waals surface area contributed by atoms with E-state index in [1.54, 1.807) is 0 Å². The van der Waals surface area contributed by atoms with Gasteiger partial charge in [-0.25, -0.2) is 0 Å². The molecule has 0 unspecified atom stereocenters. The van der Waals surface area contributed by atoms with Crippen LogP contribution in [0.4, 0.5) is 5.69 Å². The molecule has 0 amide bonds. The van der Waals surface area contributed by atoms with Gasteiger partial charge in [0.2, 0.25) is 0 Å². The standard InChI is InChI=1S/C13H13IN2/c14-11-4-3-6-13(10-11)16-9-7-12-5-1-2-8-15-12/h1-6,8,10,16H,7,9H2. The Morgan fingerprint density at radius 2 is 2.06 bits per heavy atom. The quantitative estimate of drug-likeness (QED) is 0.873. The average Bonchev–Trinajstić information content (AvgIpc) is 2.30. The summed E-state index contributed by atoms with van der Waals surface area (Å²) in [5, 5.41) is 3.39. The SMILES string of the molecule is Ic1cccc(NCCc2ccccn2)c1. The number of hydrogen-bond donors (Lipinski definition) is 1. The topological polar surface area (TPSA) is 24.9 Å². The van der Waals surface area contributed by atoms with Crippen LogP contribution in [-0.4, -0.2) is 11.5 Å². The van der Waals surface area contributed by atoms with Gasteiger partial charge in [-0.3, -0.25) is 4.98 Å². The van der Waals surface area contributed by atoms with Gasteiger partial charge in [0.1, 0.15) is 0 Å². The molecule has 1 N–H and O–H groups in total. The zero-order chi connectivity index (χ0) is 11.2. The first kappa shape index (κ1) is 11.4. The summed E-state index contributed by atoms with van der Waals surface area (Å²) in [7, 11) is 0. The van der Waals surface area contributed by atoms with Crippen molar-refractivity contribution in [3.05, 3.63) is 57.9 Å². The highest BCUT2D eigenvalue weighted by Crippen LogP contribution is 2.12. The number of nitrogens with one attached hydrogen (secondary N) is 1. The van der Waals surface area contributed by atoms with Crippen LogP contribution in [0.5, 0.6) is 0 Å². The Kier molecular flexibility index (Phi) is 4.16. The minimum absolute atomic E-state index is 0.914. The summed E-state index contributed by atoms with van der Waals surface area (Å²) < 4.78 is 1.25. The minimum atomic E-state index is 0.914. The van der Waals surface area contributed by atoms with Crippen LogP contribution in [0.1, 0.15) is 5.69 Å². The van der Waals surface area contributed by atoms with E-state index in [-0.39, 0.29) is 0 Å². The summed E-state index contributed by atoms with van der Waals surface area (Å²) in [6.45, 7) is 0.914. The molecule has 1 aromatic carbocycles. The normalized spacial score (nSPS) is 10.1. The third-order valence-corrected chi connectivity index (χ3v) is 2.93. The molecule has 0 fully saturated rings. The van der Waals surface area contributed by atoms with Crippen LogP contribution in [-0.2, 0) is 6.42 Å². The fourth-order valence-corrected chi connectivity index (χ4v) is 2.02. The molecule has 0 spiro atoms. The second kappa shape index (κ2) is 5.84. The van der Waals surface area contributed by atoms with Crippen molar-refractivity contribution >= 4 is 28.3 Å². The molecule has 2 rings (SSSR count). The fraction of sp³-hybridized carbons (Fsp3) is 0.154. The molecule has 0 radical (unpaired) electrons. The first-order chi connectivity index (χ1) is 7.84. The number of benzene rings is 1. The first-order valence-electron chi connectivity index (χ1n) is 5.24. The molecule has 0 aliphatic rings. The molecule has 1 heterocycles. The lowest BCUT2D eigenvalue weighted by Gasteiger charge is -2.06. The molecule has 16 heavy (non-hydrogen) atoms. The monoisotopic (exact) mass is 324 g/mol. The van der Waals surface area contributed by atoms with Gasteiger partial charge in [-0.15, -0.1) is 0 Å². The van der Waals surface area contributed by atoms with Crippen LogP contribution in [0.3, 0.4) is 0 Å². The third-order valence-electron chi connectivity index (χ3n) is 2.26. The zero-order valence-corrected chi connectivity index (χ0v) is 11.0. The van der Waals surface area contributed by atoms with Crippen LogP contribution in [0, 0.1) is 3.57 Å². The number of pyridine rings is 1. The molecule has 82 valence electrons. The van der Waals surface area contributed by atoms with Crippen LogP contribution < -0.4 is 5.32 Å². The molecule has 0 aliphatic heterocycles. The van der Waals surface area contributed by atoms with Crippen molar-refractivity contribution in [2.45, 2.75) is 6.42 Å². The van der Waals surface area contributed by atoms with Crippen molar-refractivity contribution in [1.82, 2.24) is 4.98 Å². The fourth-order valence-electron chi connectivity index (χ4n) is 1.48. The van der Waals surface area contributed by atoms with E-state index in [9.17, 15) is 0 Å². The Bertz CT molecular complexity index is 443. The molecule has 2 nitrogen and oxygen atoms in total. The van der Waals surface area contributed by atoms with Crippen molar-refractivity contribution in [1.29, 1.82) is 0 Å². The van der Waals surface area contributed by atoms with Crippen LogP contribution in [0.2, 0.25) is 0 Å². The van der Waals surface area contributed by atoms with Gasteiger partial charge in [0.15, 0.2) is 0 Å². The van der Waals surface area contributed by atoms with Crippen molar-refractivity contribution in [3.63, 3.8) is 0 Å². The molecule has 2 aromatic rings. The van der Waals surface area contributed by atoms with E-state index < -0.39 is 0 Å². The number of hydrogen-bond acceptors (Lipinski definition) is 2. The highest BCUT2D eigenvalue weighted by atomic mass is 127. The Labute approximate surface area is 109 Å². The zero-order valence-electron chi connectivity index (χ0n) is 8.86. The van der Waals surface area contributed by atoms with Crippen molar-refractivity contribution in [2.24, 2.45) is 0 Å². The maximum Gasteiger partial charge on any atom is 0.0421 e. The maximum absolute atomic E-state index is 4.29. The largest absolute Gasteiger partial charge is 0.385 e. The predicted octanol–water partition coefficient (Wildman–Crippen LogP) is 3.34. The summed E-state index contributed by atoms with van der Waals surface area (Å²) in [5.41, 5.74) is 2.29. The predicted molar refractivity (Wildman–Crippen MR) is 75.6 cm³/mol. The van der Waals surface area contributed by atoms with E-state index in [1.165, 1.54) is 9.26 Å². The van der Waals surface area contributed by atoms with Crippen LogP contribution in [0.15, 0.2) is 48.7 Å². The maximum atomic E-state index is 4.29. The third kappa shape index (κ3) is 3.48. The minimum Gasteiger partial charge on any atom is -0.385 e. The lowest BCUT2D eigenvalue weighted by Crippen LogP contribution is -2.05. The molecule has 0 atom stereocenters. The van der Waals surface area contributed by atoms with Crippen molar-refractivity contribution in [3.8, 4) is 0 Å². The van der Waals surface area contributed by atoms with E-state index in [4.69, 9.17) is 0 Å². The Balaban J connectivity index is 1.85. The van der Waals surface area contributed by atoms with Crippen molar-refractivity contribution < 1.29 is 0 Å². The lowest BCUT2D eigenvalue weighted by atomic mass is 10.2. The molecule has 3 heteroatoms. The first-order valence-corrected chi connectivity index (χ1v) is 6.32. The van der Waals surface area contributed by atoms with Gasteiger partial charge in [0, 0.05) is 34.1 Å². The summed E-state index contributed by atoms with van der Waals surface area (Å²) in [6, 6.07) is 14.4. The second-order valence-corrected chi connectivity index (χ2v) is 4.75. The highest BCUT2D eigenvalue weighted by molar-refractivity contribution is 14.1. The number of aromatic nitrogens is 1. The highest BCUT2D eigenvalue weighted by Gasteiger charge is 1.94. The van der Waals surface area contributed by atoms with E-state index in [1.807, 2.05) is 18.3 Å². The van der Waals surface area contributed by atoms with E-state index >= 15 is 0 Å².